The van der Waals surface area contributed by atoms with Crippen molar-refractivity contribution < 1.29 is 9.53 Å². The second kappa shape index (κ2) is 6.78. The molecule has 3 rings (SSSR count). The van der Waals surface area contributed by atoms with Gasteiger partial charge in [-0.15, -0.1) is 0 Å². The second-order valence-corrected chi connectivity index (χ2v) is 6.37. The summed E-state index contributed by atoms with van der Waals surface area (Å²) in [5.41, 5.74) is 13.1. The smallest absolute Gasteiger partial charge is 0.280 e. The largest absolute Gasteiger partial charge is 0.486 e. The fraction of sp³-hybridized carbons (Fsp3) is 0.111. The number of carbonyl (C=O) groups excluding carboxylic acids is 1. The van der Waals surface area contributed by atoms with Crippen LogP contribution in [0.2, 0.25) is 10.0 Å². The van der Waals surface area contributed by atoms with Crippen molar-refractivity contribution in [2.45, 2.75) is 13.0 Å². The van der Waals surface area contributed by atoms with Crippen molar-refractivity contribution in [3.8, 4) is 5.75 Å². The Morgan fingerprint density at radius 1 is 1.16 bits per heavy atom. The fourth-order valence-electron chi connectivity index (χ4n) is 2.69. The van der Waals surface area contributed by atoms with Crippen LogP contribution in [0.5, 0.6) is 5.75 Å². The molecule has 0 aromatic heterocycles. The molecule has 2 aromatic carbocycles. The first-order valence-corrected chi connectivity index (χ1v) is 8.23. The number of hydrogen-bond acceptors (Lipinski definition) is 2. The van der Waals surface area contributed by atoms with Crippen LogP contribution in [0, 0.1) is 0 Å². The maximum atomic E-state index is 12.1. The summed E-state index contributed by atoms with van der Waals surface area (Å²) in [5, 5.41) is 1.03. The van der Waals surface area contributed by atoms with Crippen LogP contribution in [0.1, 0.15) is 28.4 Å². The van der Waals surface area contributed by atoms with Crippen LogP contribution in [0.4, 0.5) is 0 Å². The summed E-state index contributed by atoms with van der Waals surface area (Å²) in [7, 11) is 0. The van der Waals surface area contributed by atoms with Gasteiger partial charge < -0.3 is 16.2 Å². The molecule has 0 bridgehead atoms. The first-order valence-electron chi connectivity index (χ1n) is 7.48. The third-order valence-corrected chi connectivity index (χ3v) is 4.32. The highest BCUT2D eigenvalue weighted by Gasteiger charge is 2.24. The lowest BCUT2D eigenvalue weighted by atomic mass is 9.92. The molecule has 2 aromatic rings. The average Bonchev–Trinajstić information content (AvgIpc) is 2.53. The van der Waals surface area contributed by atoms with Gasteiger partial charge in [0.15, 0.2) is 5.96 Å². The minimum Gasteiger partial charge on any atom is -0.486 e. The van der Waals surface area contributed by atoms with Gasteiger partial charge in [-0.25, -0.2) is 0 Å². The van der Waals surface area contributed by atoms with E-state index in [0.29, 0.717) is 32.5 Å². The van der Waals surface area contributed by atoms with E-state index in [2.05, 4.69) is 4.99 Å². The zero-order valence-electron chi connectivity index (χ0n) is 13.3. The van der Waals surface area contributed by atoms with Crippen LogP contribution in [0.15, 0.2) is 47.5 Å². The molecule has 1 aliphatic rings. The summed E-state index contributed by atoms with van der Waals surface area (Å²) >= 11 is 12.7. The van der Waals surface area contributed by atoms with Crippen LogP contribution in [-0.4, -0.2) is 18.0 Å². The van der Waals surface area contributed by atoms with E-state index >= 15 is 0 Å². The quantitative estimate of drug-likeness (QED) is 0.619. The number of ether oxygens (including phenoxy) is 1. The lowest BCUT2D eigenvalue weighted by molar-refractivity contribution is 0.100. The SMILES string of the molecule is CC1C=C(c2c(Cl)cccc2Cl)c2cc(C(=O)N=C(N)N)ccc2O1. The van der Waals surface area contributed by atoms with E-state index in [4.69, 9.17) is 39.4 Å². The topological polar surface area (TPSA) is 90.7 Å². The van der Waals surface area contributed by atoms with Crippen LogP contribution < -0.4 is 16.2 Å². The molecule has 128 valence electrons. The normalized spacial score (nSPS) is 15.6. The first-order chi connectivity index (χ1) is 11.9. The van der Waals surface area contributed by atoms with E-state index in [9.17, 15) is 4.79 Å². The number of nitrogens with zero attached hydrogens (tertiary/aromatic N) is 1. The number of benzene rings is 2. The summed E-state index contributed by atoms with van der Waals surface area (Å²) in [6, 6.07) is 10.3. The lowest BCUT2D eigenvalue weighted by Gasteiger charge is -2.25. The molecule has 0 spiro atoms. The Bertz CT molecular complexity index is 898. The van der Waals surface area contributed by atoms with Crippen molar-refractivity contribution in [1.82, 2.24) is 0 Å². The standard InChI is InChI=1S/C18H15Cl2N3O2/c1-9-7-12(16-13(19)3-2-4-14(16)20)11-8-10(5-6-15(11)25-9)17(24)23-18(21)22/h2-9H,1H3,(H4,21,22,23,24). The van der Waals surface area contributed by atoms with Gasteiger partial charge in [-0.05, 0) is 48.9 Å². The Hall–Kier alpha value is -2.50. The summed E-state index contributed by atoms with van der Waals surface area (Å²) in [4.78, 5) is 15.7. The maximum absolute atomic E-state index is 12.1. The highest BCUT2D eigenvalue weighted by molar-refractivity contribution is 6.38. The number of rotatable bonds is 2. The molecular formula is C18H15Cl2N3O2. The van der Waals surface area contributed by atoms with Crippen molar-refractivity contribution in [2.75, 3.05) is 0 Å². The Morgan fingerprint density at radius 2 is 1.84 bits per heavy atom. The number of aliphatic imine (C=N–C) groups is 1. The zero-order chi connectivity index (χ0) is 18.1. The molecule has 5 nitrogen and oxygen atoms in total. The Balaban J connectivity index is 2.17. The van der Waals surface area contributed by atoms with Gasteiger partial charge in [0, 0.05) is 26.7 Å². The average molecular weight is 376 g/mol. The number of fused-ring (bicyclic) bond motifs is 1. The molecule has 0 aliphatic carbocycles. The number of nitrogens with two attached hydrogens (primary N) is 2. The van der Waals surface area contributed by atoms with E-state index in [1.165, 1.54) is 0 Å². The van der Waals surface area contributed by atoms with Crippen LogP contribution in [0.25, 0.3) is 5.57 Å². The van der Waals surface area contributed by atoms with Crippen LogP contribution >= 0.6 is 23.2 Å². The number of guanidine groups is 1. The van der Waals surface area contributed by atoms with Gasteiger partial charge in [-0.1, -0.05) is 29.3 Å². The lowest BCUT2D eigenvalue weighted by Crippen LogP contribution is -2.24. The maximum Gasteiger partial charge on any atom is 0.280 e. The Morgan fingerprint density at radius 3 is 2.48 bits per heavy atom. The van der Waals surface area contributed by atoms with Crippen LogP contribution in [0.3, 0.4) is 0 Å². The van der Waals surface area contributed by atoms with Gasteiger partial charge in [0.25, 0.3) is 5.91 Å². The summed E-state index contributed by atoms with van der Waals surface area (Å²) < 4.78 is 5.82. The monoisotopic (exact) mass is 375 g/mol. The summed E-state index contributed by atoms with van der Waals surface area (Å²) in [6.45, 7) is 1.91. The van der Waals surface area contributed by atoms with Crippen molar-refractivity contribution in [3.63, 3.8) is 0 Å². The Kier molecular flexibility index (Phi) is 4.70. The zero-order valence-corrected chi connectivity index (χ0v) is 14.8. The molecule has 0 radical (unpaired) electrons. The van der Waals surface area contributed by atoms with Gasteiger partial charge in [0.1, 0.15) is 11.9 Å². The van der Waals surface area contributed by atoms with Gasteiger partial charge in [0.05, 0.1) is 0 Å². The number of amides is 1. The summed E-state index contributed by atoms with van der Waals surface area (Å²) in [5.74, 6) is -0.203. The number of hydrogen-bond donors (Lipinski definition) is 2. The molecule has 1 heterocycles. The third-order valence-electron chi connectivity index (χ3n) is 3.69. The molecular weight excluding hydrogens is 361 g/mol. The molecule has 0 saturated heterocycles. The van der Waals surface area contributed by atoms with Crippen molar-refractivity contribution in [3.05, 3.63) is 69.2 Å². The Labute approximate surface area is 154 Å². The molecule has 0 saturated carbocycles. The van der Waals surface area contributed by atoms with E-state index in [1.807, 2.05) is 13.0 Å². The molecule has 1 atom stereocenters. The molecule has 7 heteroatoms. The number of halogens is 2. The van der Waals surface area contributed by atoms with Crippen molar-refractivity contribution in [2.24, 2.45) is 16.5 Å². The van der Waals surface area contributed by atoms with E-state index in [-0.39, 0.29) is 12.1 Å². The minimum atomic E-state index is -0.536. The molecule has 0 fully saturated rings. The van der Waals surface area contributed by atoms with E-state index in [1.54, 1.807) is 36.4 Å². The summed E-state index contributed by atoms with van der Waals surface area (Å²) in [6.07, 6.45) is 1.73. The molecule has 4 N–H and O–H groups in total. The predicted octanol–water partition coefficient (Wildman–Crippen LogP) is 3.62. The highest BCUT2D eigenvalue weighted by atomic mass is 35.5. The predicted molar refractivity (Wildman–Crippen MR) is 100 cm³/mol. The third kappa shape index (κ3) is 3.48. The van der Waals surface area contributed by atoms with E-state index < -0.39 is 5.91 Å². The molecule has 1 aliphatic heterocycles. The number of carbonyl (C=O) groups is 1. The van der Waals surface area contributed by atoms with E-state index in [0.717, 1.165) is 5.57 Å². The molecule has 1 unspecified atom stereocenters. The first kappa shape index (κ1) is 17.3. The second-order valence-electron chi connectivity index (χ2n) is 5.55. The van der Waals surface area contributed by atoms with Gasteiger partial charge >= 0.3 is 0 Å². The molecule has 25 heavy (non-hydrogen) atoms. The van der Waals surface area contributed by atoms with Crippen molar-refractivity contribution in [1.29, 1.82) is 0 Å². The fourth-order valence-corrected chi connectivity index (χ4v) is 3.29. The van der Waals surface area contributed by atoms with Gasteiger partial charge in [-0.2, -0.15) is 4.99 Å². The molecule has 1 amide bonds. The highest BCUT2D eigenvalue weighted by Crippen LogP contribution is 2.41. The van der Waals surface area contributed by atoms with Crippen molar-refractivity contribution >= 4 is 40.6 Å². The minimum absolute atomic E-state index is 0.172. The van der Waals surface area contributed by atoms with Gasteiger partial charge in [-0.3, -0.25) is 4.79 Å². The van der Waals surface area contributed by atoms with Gasteiger partial charge in [0.2, 0.25) is 0 Å². The van der Waals surface area contributed by atoms with Crippen LogP contribution in [-0.2, 0) is 0 Å².